The number of hydrogen-bond acceptors (Lipinski definition) is 1. The molecule has 0 heterocycles. The van der Waals surface area contributed by atoms with E-state index in [1.807, 2.05) is 42.5 Å². The molecule has 0 N–H and O–H groups in total. The van der Waals surface area contributed by atoms with E-state index in [1.165, 1.54) is 6.07 Å². The second-order valence-electron chi connectivity index (χ2n) is 5.03. The highest BCUT2D eigenvalue weighted by molar-refractivity contribution is 9.10. The fraction of sp³-hybridized carbons (Fsp3) is 0.0526. The van der Waals surface area contributed by atoms with Crippen LogP contribution in [0.1, 0.15) is 0 Å². The topological polar surface area (TPSA) is 9.23 Å². The zero-order valence-corrected chi connectivity index (χ0v) is 14.7. The van der Waals surface area contributed by atoms with Crippen molar-refractivity contribution in [3.05, 3.63) is 76.0 Å². The smallest absolute Gasteiger partial charge is 0.132 e. The molecule has 0 aliphatic rings. The number of halogens is 3. The van der Waals surface area contributed by atoms with Crippen LogP contribution in [0.4, 0.5) is 4.39 Å². The first-order valence-corrected chi connectivity index (χ1v) is 8.15. The van der Waals surface area contributed by atoms with Gasteiger partial charge in [0.1, 0.15) is 11.6 Å². The molecule has 116 valence electrons. The standard InChI is InChI=1S/C19H13BrClFO/c1-23-18-10-13(12-5-3-2-4-6-12)9-16(20)19(18)15-8-7-14(21)11-17(15)22/h2-11H,1H3. The lowest BCUT2D eigenvalue weighted by Crippen LogP contribution is -1.93. The highest BCUT2D eigenvalue weighted by Gasteiger charge is 2.16. The van der Waals surface area contributed by atoms with E-state index in [0.29, 0.717) is 21.9 Å². The van der Waals surface area contributed by atoms with Crippen molar-refractivity contribution >= 4 is 27.5 Å². The van der Waals surface area contributed by atoms with Crippen LogP contribution in [0, 0.1) is 5.82 Å². The Morgan fingerprint density at radius 3 is 2.35 bits per heavy atom. The quantitative estimate of drug-likeness (QED) is 0.490. The van der Waals surface area contributed by atoms with Gasteiger partial charge in [-0.2, -0.15) is 0 Å². The fourth-order valence-electron chi connectivity index (χ4n) is 2.49. The van der Waals surface area contributed by atoms with Gasteiger partial charge in [0.2, 0.25) is 0 Å². The second kappa shape index (κ2) is 6.73. The number of methoxy groups -OCH3 is 1. The van der Waals surface area contributed by atoms with E-state index in [4.69, 9.17) is 16.3 Å². The third-order valence-electron chi connectivity index (χ3n) is 3.58. The predicted molar refractivity (Wildman–Crippen MR) is 96.5 cm³/mol. The normalized spacial score (nSPS) is 10.6. The molecule has 0 atom stereocenters. The predicted octanol–water partition coefficient (Wildman–Crippen LogP) is 6.58. The van der Waals surface area contributed by atoms with Crippen molar-refractivity contribution in [2.24, 2.45) is 0 Å². The third kappa shape index (κ3) is 3.26. The van der Waals surface area contributed by atoms with Gasteiger partial charge in [0, 0.05) is 20.6 Å². The molecule has 0 unspecified atom stereocenters. The average molecular weight is 392 g/mol. The van der Waals surface area contributed by atoms with E-state index < -0.39 is 0 Å². The van der Waals surface area contributed by atoms with E-state index in [9.17, 15) is 4.39 Å². The van der Waals surface area contributed by atoms with E-state index in [1.54, 1.807) is 19.2 Å². The van der Waals surface area contributed by atoms with Crippen molar-refractivity contribution in [1.82, 2.24) is 0 Å². The van der Waals surface area contributed by atoms with Crippen molar-refractivity contribution in [2.75, 3.05) is 7.11 Å². The van der Waals surface area contributed by atoms with Gasteiger partial charge in [-0.3, -0.25) is 0 Å². The Labute approximate surface area is 147 Å². The van der Waals surface area contributed by atoms with Gasteiger partial charge in [0.25, 0.3) is 0 Å². The molecule has 0 bridgehead atoms. The zero-order valence-electron chi connectivity index (χ0n) is 12.3. The molecule has 0 aliphatic carbocycles. The van der Waals surface area contributed by atoms with Crippen LogP contribution in [-0.4, -0.2) is 7.11 Å². The fourth-order valence-corrected chi connectivity index (χ4v) is 3.31. The number of hydrogen-bond donors (Lipinski definition) is 0. The molecule has 0 saturated carbocycles. The Morgan fingerprint density at radius 1 is 0.957 bits per heavy atom. The second-order valence-corrected chi connectivity index (χ2v) is 6.32. The van der Waals surface area contributed by atoms with Gasteiger partial charge in [-0.25, -0.2) is 4.39 Å². The Morgan fingerprint density at radius 2 is 1.70 bits per heavy atom. The summed E-state index contributed by atoms with van der Waals surface area (Å²) in [6.07, 6.45) is 0. The Hall–Kier alpha value is -1.84. The maximum absolute atomic E-state index is 14.3. The lowest BCUT2D eigenvalue weighted by Gasteiger charge is -2.14. The molecule has 3 rings (SSSR count). The number of rotatable bonds is 3. The van der Waals surface area contributed by atoms with Crippen LogP contribution in [0.25, 0.3) is 22.3 Å². The van der Waals surface area contributed by atoms with Gasteiger partial charge >= 0.3 is 0 Å². The van der Waals surface area contributed by atoms with E-state index in [2.05, 4.69) is 15.9 Å². The molecular weight excluding hydrogens is 379 g/mol. The van der Waals surface area contributed by atoms with Gasteiger partial charge in [-0.1, -0.05) is 41.9 Å². The molecule has 1 nitrogen and oxygen atoms in total. The van der Waals surface area contributed by atoms with Gasteiger partial charge in [-0.05, 0) is 57.4 Å². The Bertz CT molecular complexity index is 849. The molecule has 0 aromatic heterocycles. The zero-order chi connectivity index (χ0) is 16.4. The van der Waals surface area contributed by atoms with E-state index in [-0.39, 0.29) is 5.82 Å². The minimum atomic E-state index is -0.385. The summed E-state index contributed by atoms with van der Waals surface area (Å²) in [7, 11) is 1.58. The van der Waals surface area contributed by atoms with Crippen LogP contribution in [0.5, 0.6) is 5.75 Å². The first-order chi connectivity index (χ1) is 11.1. The highest BCUT2D eigenvalue weighted by atomic mass is 79.9. The summed E-state index contributed by atoms with van der Waals surface area (Å²) in [4.78, 5) is 0. The monoisotopic (exact) mass is 390 g/mol. The first kappa shape index (κ1) is 16.0. The molecule has 0 spiro atoms. The van der Waals surface area contributed by atoms with Gasteiger partial charge in [0.05, 0.1) is 7.11 Å². The van der Waals surface area contributed by atoms with Crippen LogP contribution < -0.4 is 4.74 Å². The summed E-state index contributed by atoms with van der Waals surface area (Å²) in [5.74, 6) is 0.211. The van der Waals surface area contributed by atoms with Crippen LogP contribution >= 0.6 is 27.5 Å². The van der Waals surface area contributed by atoms with Crippen LogP contribution in [0.15, 0.2) is 65.1 Å². The molecule has 23 heavy (non-hydrogen) atoms. The van der Waals surface area contributed by atoms with Crippen molar-refractivity contribution < 1.29 is 9.13 Å². The van der Waals surface area contributed by atoms with Gasteiger partial charge < -0.3 is 4.74 Å². The molecular formula is C19H13BrClFO. The minimum absolute atomic E-state index is 0.363. The molecule has 0 aliphatic heterocycles. The highest BCUT2D eigenvalue weighted by Crippen LogP contribution is 2.41. The summed E-state index contributed by atoms with van der Waals surface area (Å²) in [5, 5.41) is 0.363. The van der Waals surface area contributed by atoms with Gasteiger partial charge in [-0.15, -0.1) is 0 Å². The summed E-state index contributed by atoms with van der Waals surface area (Å²) < 4.78 is 20.6. The number of ether oxygens (including phenoxy) is 1. The molecule has 0 amide bonds. The van der Waals surface area contributed by atoms with Crippen molar-refractivity contribution in [3.8, 4) is 28.0 Å². The van der Waals surface area contributed by atoms with E-state index >= 15 is 0 Å². The van der Waals surface area contributed by atoms with Crippen molar-refractivity contribution in [3.63, 3.8) is 0 Å². The lowest BCUT2D eigenvalue weighted by atomic mass is 9.99. The largest absolute Gasteiger partial charge is 0.496 e. The van der Waals surface area contributed by atoms with Gasteiger partial charge in [0.15, 0.2) is 0 Å². The molecule has 0 radical (unpaired) electrons. The lowest BCUT2D eigenvalue weighted by molar-refractivity contribution is 0.416. The molecule has 0 fully saturated rings. The molecule has 4 heteroatoms. The molecule has 0 saturated heterocycles. The van der Waals surface area contributed by atoms with E-state index in [0.717, 1.165) is 15.6 Å². The van der Waals surface area contributed by atoms with Crippen LogP contribution in [0.2, 0.25) is 5.02 Å². The summed E-state index contributed by atoms with van der Waals surface area (Å²) >= 11 is 9.39. The van der Waals surface area contributed by atoms with Crippen LogP contribution in [0.3, 0.4) is 0 Å². The maximum Gasteiger partial charge on any atom is 0.132 e. The third-order valence-corrected chi connectivity index (χ3v) is 4.44. The van der Waals surface area contributed by atoms with Crippen molar-refractivity contribution in [2.45, 2.75) is 0 Å². The summed E-state index contributed by atoms with van der Waals surface area (Å²) in [5.41, 5.74) is 3.17. The maximum atomic E-state index is 14.3. The Kier molecular flexibility index (Phi) is 4.69. The molecule has 3 aromatic rings. The minimum Gasteiger partial charge on any atom is -0.496 e. The molecule has 3 aromatic carbocycles. The summed E-state index contributed by atoms with van der Waals surface area (Å²) in [6, 6.07) is 18.4. The Balaban J connectivity index is 2.19. The number of benzene rings is 3. The average Bonchev–Trinajstić information content (AvgIpc) is 2.56. The first-order valence-electron chi connectivity index (χ1n) is 6.98. The summed E-state index contributed by atoms with van der Waals surface area (Å²) in [6.45, 7) is 0. The SMILES string of the molecule is COc1cc(-c2ccccc2)cc(Br)c1-c1ccc(Cl)cc1F. The van der Waals surface area contributed by atoms with Crippen LogP contribution in [-0.2, 0) is 0 Å². The van der Waals surface area contributed by atoms with Crippen molar-refractivity contribution in [1.29, 1.82) is 0 Å².